The first-order chi connectivity index (χ1) is 16.5. The van der Waals surface area contributed by atoms with Crippen LogP contribution in [0.3, 0.4) is 0 Å². The molecule has 1 aliphatic rings. The van der Waals surface area contributed by atoms with Crippen LogP contribution in [0.2, 0.25) is 5.15 Å². The molecule has 0 saturated carbocycles. The number of ether oxygens (including phenoxy) is 2. The van der Waals surface area contributed by atoms with Gasteiger partial charge >= 0.3 is 0 Å². The number of nitro benzene ring substituents is 1. The normalized spacial score (nSPS) is 21.5. The minimum absolute atomic E-state index is 0.0209. The molecule has 0 bridgehead atoms. The van der Waals surface area contributed by atoms with Crippen LogP contribution in [-0.4, -0.2) is 48.5 Å². The van der Waals surface area contributed by atoms with Crippen molar-refractivity contribution in [2.75, 3.05) is 12.3 Å². The van der Waals surface area contributed by atoms with Crippen molar-refractivity contribution in [3.63, 3.8) is 0 Å². The molecule has 1 saturated heterocycles. The summed E-state index contributed by atoms with van der Waals surface area (Å²) in [6.07, 6.45) is -0.827. The van der Waals surface area contributed by atoms with E-state index >= 15 is 0 Å². The molecule has 4 N–H and O–H groups in total. The number of para-hydroxylation sites is 1. The monoisotopic (exact) mass is 505 g/mol. The van der Waals surface area contributed by atoms with E-state index in [9.17, 15) is 20.3 Å². The van der Waals surface area contributed by atoms with Crippen molar-refractivity contribution < 1.29 is 24.6 Å². The Balaban J connectivity index is 1.73. The van der Waals surface area contributed by atoms with Gasteiger partial charge in [-0.2, -0.15) is 4.98 Å². The van der Waals surface area contributed by atoms with Crippen molar-refractivity contribution in [1.82, 2.24) is 14.5 Å². The molecule has 1 aliphatic heterocycles. The van der Waals surface area contributed by atoms with Crippen LogP contribution in [0.25, 0.3) is 11.0 Å². The highest BCUT2D eigenvalue weighted by Gasteiger charge is 2.37. The molecule has 0 radical (unpaired) electrons. The van der Waals surface area contributed by atoms with Gasteiger partial charge in [0.15, 0.2) is 0 Å². The molecule has 1 aromatic carbocycles. The molecule has 0 amide bonds. The zero-order valence-electron chi connectivity index (χ0n) is 19.6. The average Bonchev–Trinajstić information content (AvgIpc) is 3.33. The van der Waals surface area contributed by atoms with Gasteiger partial charge in [0, 0.05) is 24.2 Å². The van der Waals surface area contributed by atoms with Crippen LogP contribution in [0, 0.1) is 15.5 Å². The van der Waals surface area contributed by atoms with E-state index in [0.29, 0.717) is 22.2 Å². The molecule has 35 heavy (non-hydrogen) atoms. The number of aromatic nitrogens is 3. The van der Waals surface area contributed by atoms with Gasteiger partial charge in [0.1, 0.15) is 23.1 Å². The number of rotatable bonds is 7. The zero-order chi connectivity index (χ0) is 25.5. The Labute approximate surface area is 206 Å². The summed E-state index contributed by atoms with van der Waals surface area (Å²) in [4.78, 5) is 19.6. The van der Waals surface area contributed by atoms with Gasteiger partial charge in [-0.05, 0) is 11.5 Å². The number of nitrogens with zero attached hydrogens (tertiary/aromatic N) is 4. The number of anilines is 1. The predicted molar refractivity (Wildman–Crippen MR) is 129 cm³/mol. The quantitative estimate of drug-likeness (QED) is 0.248. The van der Waals surface area contributed by atoms with Gasteiger partial charge in [0.05, 0.1) is 41.3 Å². The third-order valence-electron chi connectivity index (χ3n) is 6.03. The van der Waals surface area contributed by atoms with Crippen molar-refractivity contribution >= 4 is 34.3 Å². The molecular formula is C23H28ClN5O6. The summed E-state index contributed by atoms with van der Waals surface area (Å²) in [5.74, 6) is -0.0287. The molecule has 0 aliphatic carbocycles. The number of benzene rings is 1. The van der Waals surface area contributed by atoms with Gasteiger partial charge in [-0.25, -0.2) is 4.98 Å². The number of hydrogen-bond donors (Lipinski definition) is 3. The summed E-state index contributed by atoms with van der Waals surface area (Å²) in [5, 5.41) is 32.0. The second-order valence-electron chi connectivity index (χ2n) is 9.62. The van der Waals surface area contributed by atoms with E-state index < -0.39 is 34.9 Å². The van der Waals surface area contributed by atoms with Gasteiger partial charge in [0.2, 0.25) is 5.95 Å². The van der Waals surface area contributed by atoms with Crippen LogP contribution in [0.15, 0.2) is 30.5 Å². The van der Waals surface area contributed by atoms with Crippen LogP contribution in [0.4, 0.5) is 11.6 Å². The van der Waals surface area contributed by atoms with Crippen molar-refractivity contribution in [2.24, 2.45) is 5.41 Å². The highest BCUT2D eigenvalue weighted by Crippen LogP contribution is 2.42. The lowest BCUT2D eigenvalue weighted by Crippen LogP contribution is -2.24. The second-order valence-corrected chi connectivity index (χ2v) is 9.98. The minimum atomic E-state index is -0.847. The summed E-state index contributed by atoms with van der Waals surface area (Å²) < 4.78 is 13.8. The van der Waals surface area contributed by atoms with Crippen LogP contribution in [-0.2, 0) is 16.1 Å². The van der Waals surface area contributed by atoms with Crippen LogP contribution < -0.4 is 5.73 Å². The lowest BCUT2D eigenvalue weighted by atomic mass is 9.84. The Bertz CT molecular complexity index is 1240. The van der Waals surface area contributed by atoms with E-state index in [0.717, 1.165) is 0 Å². The van der Waals surface area contributed by atoms with E-state index in [2.05, 4.69) is 9.97 Å². The number of hydrogen-bond acceptors (Lipinski definition) is 9. The van der Waals surface area contributed by atoms with Crippen molar-refractivity contribution in [2.45, 2.75) is 58.3 Å². The highest BCUT2D eigenvalue weighted by molar-refractivity contribution is 6.34. The Morgan fingerprint density at radius 3 is 2.71 bits per heavy atom. The molecule has 188 valence electrons. The van der Waals surface area contributed by atoms with Crippen LogP contribution in [0.1, 0.15) is 50.7 Å². The Morgan fingerprint density at radius 1 is 1.37 bits per heavy atom. The first-order valence-electron chi connectivity index (χ1n) is 11.1. The Kier molecular flexibility index (Phi) is 6.98. The maximum Gasteiger partial charge on any atom is 0.275 e. The van der Waals surface area contributed by atoms with E-state index in [-0.39, 0.29) is 36.4 Å². The number of nitrogens with two attached hydrogens (primary N) is 1. The molecule has 11 nitrogen and oxygen atoms in total. The molecular weight excluding hydrogens is 478 g/mol. The summed E-state index contributed by atoms with van der Waals surface area (Å²) in [6, 6.07) is 6.50. The molecule has 2 aromatic heterocycles. The third kappa shape index (κ3) is 4.95. The second kappa shape index (κ2) is 9.67. The Hall–Kier alpha value is -2.83. The van der Waals surface area contributed by atoms with Gasteiger partial charge in [-0.1, -0.05) is 44.5 Å². The minimum Gasteiger partial charge on any atom is -0.394 e. The first kappa shape index (κ1) is 25.3. The number of fused-ring (bicyclic) bond motifs is 1. The van der Waals surface area contributed by atoms with E-state index in [1.807, 2.05) is 20.8 Å². The molecule has 4 rings (SSSR count). The standard InChI is InChI=1S/C23H28ClN5O6/c1-23(2,3)19(13-6-4-5-7-14(13)29(32)33)34-11-12-9-28(17-8-15(31)16(10-30)35-17)21-18(12)20(24)26-22(25)27-21/h4-7,9,15-17,19,30-31H,8,10-11H2,1-3H3,(H2,25,26,27)/t15?,16-,17-,19-/m1/s1. The summed E-state index contributed by atoms with van der Waals surface area (Å²) in [5.41, 5.74) is 6.84. The lowest BCUT2D eigenvalue weighted by Gasteiger charge is -2.30. The molecule has 1 fully saturated rings. The number of nitro groups is 1. The number of nitrogen functional groups attached to an aromatic ring is 1. The summed E-state index contributed by atoms with van der Waals surface area (Å²) in [6.45, 7) is 5.54. The smallest absolute Gasteiger partial charge is 0.275 e. The van der Waals surface area contributed by atoms with Gasteiger partial charge in [-0.15, -0.1) is 0 Å². The Morgan fingerprint density at radius 2 is 2.09 bits per heavy atom. The van der Waals surface area contributed by atoms with Crippen molar-refractivity contribution in [1.29, 1.82) is 0 Å². The zero-order valence-corrected chi connectivity index (χ0v) is 20.3. The van der Waals surface area contributed by atoms with Gasteiger partial charge in [0.25, 0.3) is 5.69 Å². The fourth-order valence-electron chi connectivity index (χ4n) is 4.43. The fourth-order valence-corrected chi connectivity index (χ4v) is 4.72. The predicted octanol–water partition coefficient (Wildman–Crippen LogP) is 3.52. The van der Waals surface area contributed by atoms with E-state index in [1.165, 1.54) is 6.07 Å². The molecule has 3 heterocycles. The van der Waals surface area contributed by atoms with Crippen LogP contribution >= 0.6 is 11.6 Å². The van der Waals surface area contributed by atoms with E-state index in [1.54, 1.807) is 29.0 Å². The maximum absolute atomic E-state index is 11.7. The molecule has 3 aromatic rings. The summed E-state index contributed by atoms with van der Waals surface area (Å²) >= 11 is 6.44. The van der Waals surface area contributed by atoms with Crippen molar-refractivity contribution in [3.8, 4) is 0 Å². The highest BCUT2D eigenvalue weighted by atomic mass is 35.5. The molecule has 4 atom stereocenters. The number of aliphatic hydroxyl groups excluding tert-OH is 2. The largest absolute Gasteiger partial charge is 0.394 e. The maximum atomic E-state index is 11.7. The molecule has 1 unspecified atom stereocenters. The lowest BCUT2D eigenvalue weighted by molar-refractivity contribution is -0.386. The average molecular weight is 506 g/mol. The molecule has 12 heteroatoms. The topological polar surface area (TPSA) is 159 Å². The SMILES string of the molecule is CC(C)(C)[C@H](OCc1cn([C@H]2CC(O)[C@@H](CO)O2)c2nc(N)nc(Cl)c12)c1ccccc1[N+](=O)[O-]. The van der Waals surface area contributed by atoms with Gasteiger partial charge < -0.3 is 30.0 Å². The van der Waals surface area contributed by atoms with Gasteiger partial charge in [-0.3, -0.25) is 10.1 Å². The first-order valence-corrected chi connectivity index (χ1v) is 11.5. The number of aliphatic hydroxyl groups is 2. The van der Waals surface area contributed by atoms with Crippen molar-refractivity contribution in [3.05, 3.63) is 56.9 Å². The number of halogens is 1. The van der Waals surface area contributed by atoms with E-state index in [4.69, 9.17) is 26.8 Å². The third-order valence-corrected chi connectivity index (χ3v) is 6.30. The van der Waals surface area contributed by atoms with Crippen LogP contribution in [0.5, 0.6) is 0 Å². The fraction of sp³-hybridized carbons (Fsp3) is 0.478. The summed E-state index contributed by atoms with van der Waals surface area (Å²) in [7, 11) is 0. The molecule has 0 spiro atoms.